The number of fused-ring (bicyclic) bond motifs is 1. The van der Waals surface area contributed by atoms with Gasteiger partial charge in [-0.15, -0.1) is 0 Å². The van der Waals surface area contributed by atoms with Gasteiger partial charge in [0, 0.05) is 42.3 Å². The van der Waals surface area contributed by atoms with Crippen LogP contribution in [0.3, 0.4) is 0 Å². The summed E-state index contributed by atoms with van der Waals surface area (Å²) in [5, 5.41) is 0.537. The summed E-state index contributed by atoms with van der Waals surface area (Å²) in [7, 11) is 0. The van der Waals surface area contributed by atoms with Crippen molar-refractivity contribution >= 4 is 23.4 Å². The van der Waals surface area contributed by atoms with Gasteiger partial charge in [-0.2, -0.15) is 0 Å². The summed E-state index contributed by atoms with van der Waals surface area (Å²) in [5.41, 5.74) is 1.13. The fourth-order valence-corrected chi connectivity index (χ4v) is 3.53. The molecule has 140 valence electrons. The third kappa shape index (κ3) is 3.71. The van der Waals surface area contributed by atoms with Crippen molar-refractivity contribution in [2.24, 2.45) is 0 Å². The van der Waals surface area contributed by atoms with Crippen LogP contribution in [0.25, 0.3) is 0 Å². The van der Waals surface area contributed by atoms with Crippen LogP contribution in [0.2, 0.25) is 5.02 Å². The molecule has 0 unspecified atom stereocenters. The van der Waals surface area contributed by atoms with Gasteiger partial charge in [-0.25, -0.2) is 0 Å². The number of hydrogen-bond acceptors (Lipinski definition) is 4. The summed E-state index contributed by atoms with van der Waals surface area (Å²) in [6, 6.07) is 12.1. The summed E-state index contributed by atoms with van der Waals surface area (Å²) < 4.78 is 10.6. The van der Waals surface area contributed by atoms with E-state index in [4.69, 9.17) is 21.1 Å². The second-order valence-corrected chi connectivity index (χ2v) is 6.95. The van der Waals surface area contributed by atoms with Crippen molar-refractivity contribution in [1.82, 2.24) is 9.80 Å². The number of halogens is 1. The van der Waals surface area contributed by atoms with E-state index in [9.17, 15) is 9.59 Å². The maximum absolute atomic E-state index is 12.9. The van der Waals surface area contributed by atoms with E-state index in [-0.39, 0.29) is 18.6 Å². The SMILES string of the molecule is O=C(c1cccc(Cl)c1)N1CCCN(C(=O)c2ccc3c(c2)OCO3)CC1. The van der Waals surface area contributed by atoms with E-state index in [1.54, 1.807) is 52.3 Å². The molecule has 2 aromatic carbocycles. The van der Waals surface area contributed by atoms with E-state index in [0.717, 1.165) is 6.42 Å². The fraction of sp³-hybridized carbons (Fsp3) is 0.300. The van der Waals surface area contributed by atoms with Crippen molar-refractivity contribution in [3.8, 4) is 11.5 Å². The maximum Gasteiger partial charge on any atom is 0.254 e. The summed E-state index contributed by atoms with van der Waals surface area (Å²) in [5.74, 6) is 1.12. The molecule has 4 rings (SSSR count). The van der Waals surface area contributed by atoms with Gasteiger partial charge in [0.1, 0.15) is 0 Å². The van der Waals surface area contributed by atoms with E-state index >= 15 is 0 Å². The molecule has 0 bridgehead atoms. The Bertz CT molecular complexity index is 886. The molecule has 27 heavy (non-hydrogen) atoms. The van der Waals surface area contributed by atoms with E-state index in [2.05, 4.69) is 0 Å². The van der Waals surface area contributed by atoms with Gasteiger partial charge >= 0.3 is 0 Å². The van der Waals surface area contributed by atoms with E-state index in [1.807, 2.05) is 0 Å². The highest BCUT2D eigenvalue weighted by Crippen LogP contribution is 2.32. The summed E-state index contributed by atoms with van der Waals surface area (Å²) in [6.07, 6.45) is 0.725. The molecule has 0 spiro atoms. The van der Waals surface area contributed by atoms with Crippen LogP contribution < -0.4 is 9.47 Å². The number of rotatable bonds is 2. The molecule has 2 aromatic rings. The van der Waals surface area contributed by atoms with Crippen molar-refractivity contribution < 1.29 is 19.1 Å². The lowest BCUT2D eigenvalue weighted by Crippen LogP contribution is -2.37. The summed E-state index contributed by atoms with van der Waals surface area (Å²) >= 11 is 5.99. The van der Waals surface area contributed by atoms with Gasteiger partial charge in [0.25, 0.3) is 11.8 Å². The van der Waals surface area contributed by atoms with Gasteiger partial charge in [-0.1, -0.05) is 17.7 Å². The van der Waals surface area contributed by atoms with Gasteiger partial charge < -0.3 is 19.3 Å². The number of carbonyl (C=O) groups excluding carboxylic acids is 2. The summed E-state index contributed by atoms with van der Waals surface area (Å²) in [6.45, 7) is 2.36. The molecule has 0 aromatic heterocycles. The van der Waals surface area contributed by atoms with Crippen LogP contribution in [0.4, 0.5) is 0 Å². The number of amides is 2. The van der Waals surface area contributed by atoms with Crippen LogP contribution >= 0.6 is 11.6 Å². The smallest absolute Gasteiger partial charge is 0.254 e. The molecule has 1 fully saturated rings. The van der Waals surface area contributed by atoms with Gasteiger partial charge in [0.2, 0.25) is 6.79 Å². The fourth-order valence-electron chi connectivity index (χ4n) is 3.34. The Morgan fingerprint density at radius 1 is 0.815 bits per heavy atom. The lowest BCUT2D eigenvalue weighted by atomic mass is 10.1. The minimum atomic E-state index is -0.0645. The van der Waals surface area contributed by atoms with Gasteiger partial charge in [-0.05, 0) is 42.8 Å². The number of carbonyl (C=O) groups is 2. The largest absolute Gasteiger partial charge is 0.454 e. The molecule has 0 saturated carbocycles. The van der Waals surface area contributed by atoms with Crippen molar-refractivity contribution in [2.75, 3.05) is 33.0 Å². The number of benzene rings is 2. The minimum Gasteiger partial charge on any atom is -0.454 e. The first-order valence-electron chi connectivity index (χ1n) is 8.85. The monoisotopic (exact) mass is 386 g/mol. The van der Waals surface area contributed by atoms with E-state index in [1.165, 1.54) is 0 Å². The molecule has 2 aliphatic rings. The second-order valence-electron chi connectivity index (χ2n) is 6.52. The second kappa shape index (κ2) is 7.48. The van der Waals surface area contributed by atoms with Gasteiger partial charge in [0.15, 0.2) is 11.5 Å². The number of hydrogen-bond donors (Lipinski definition) is 0. The molecule has 2 aliphatic heterocycles. The predicted molar refractivity (Wildman–Crippen MR) is 100 cm³/mol. The average Bonchev–Trinajstić information content (AvgIpc) is 3.01. The van der Waals surface area contributed by atoms with E-state index in [0.29, 0.717) is 53.8 Å². The van der Waals surface area contributed by atoms with Crippen molar-refractivity contribution in [2.45, 2.75) is 6.42 Å². The molecule has 7 heteroatoms. The van der Waals surface area contributed by atoms with Crippen LogP contribution in [-0.2, 0) is 0 Å². The molecule has 0 N–H and O–H groups in total. The first-order valence-corrected chi connectivity index (χ1v) is 9.23. The maximum atomic E-state index is 12.9. The Labute approximate surface area is 162 Å². The number of ether oxygens (including phenoxy) is 2. The van der Waals surface area contributed by atoms with Gasteiger partial charge in [-0.3, -0.25) is 9.59 Å². The summed E-state index contributed by atoms with van der Waals surface area (Å²) in [4.78, 5) is 29.1. The molecular formula is C20H19ClN2O4. The Morgan fingerprint density at radius 3 is 2.19 bits per heavy atom. The lowest BCUT2D eigenvalue weighted by molar-refractivity contribution is 0.0718. The molecule has 0 atom stereocenters. The topological polar surface area (TPSA) is 59.1 Å². The lowest BCUT2D eigenvalue weighted by Gasteiger charge is -2.22. The third-order valence-electron chi connectivity index (χ3n) is 4.76. The van der Waals surface area contributed by atoms with Gasteiger partial charge in [0.05, 0.1) is 0 Å². The van der Waals surface area contributed by atoms with Crippen molar-refractivity contribution in [1.29, 1.82) is 0 Å². The zero-order valence-corrected chi connectivity index (χ0v) is 15.4. The molecule has 6 nitrogen and oxygen atoms in total. The highest BCUT2D eigenvalue weighted by atomic mass is 35.5. The normalized spacial score (nSPS) is 16.2. The molecule has 2 amide bonds. The highest BCUT2D eigenvalue weighted by Gasteiger charge is 2.25. The van der Waals surface area contributed by atoms with Crippen LogP contribution in [0, 0.1) is 0 Å². The molecule has 1 saturated heterocycles. The minimum absolute atomic E-state index is 0.0603. The Kier molecular flexibility index (Phi) is 4.90. The quantitative estimate of drug-likeness (QED) is 0.796. The standard InChI is InChI=1S/C20H19ClN2O4/c21-16-4-1-3-14(11-16)19(24)22-7-2-8-23(10-9-22)20(25)15-5-6-17-18(12-15)27-13-26-17/h1,3-6,11-12H,2,7-10,13H2. The van der Waals surface area contributed by atoms with Crippen LogP contribution in [-0.4, -0.2) is 54.6 Å². The van der Waals surface area contributed by atoms with Crippen molar-refractivity contribution in [3.63, 3.8) is 0 Å². The first-order chi connectivity index (χ1) is 13.1. The van der Waals surface area contributed by atoms with Crippen LogP contribution in [0.1, 0.15) is 27.1 Å². The first kappa shape index (κ1) is 17.7. The Balaban J connectivity index is 1.44. The van der Waals surface area contributed by atoms with Crippen LogP contribution in [0.15, 0.2) is 42.5 Å². The zero-order valence-electron chi connectivity index (χ0n) is 14.7. The van der Waals surface area contributed by atoms with E-state index < -0.39 is 0 Å². The number of nitrogens with zero attached hydrogens (tertiary/aromatic N) is 2. The Hall–Kier alpha value is -2.73. The highest BCUT2D eigenvalue weighted by molar-refractivity contribution is 6.30. The Morgan fingerprint density at radius 2 is 1.48 bits per heavy atom. The molecule has 2 heterocycles. The average molecular weight is 387 g/mol. The molecule has 0 radical (unpaired) electrons. The molecular weight excluding hydrogens is 368 g/mol. The van der Waals surface area contributed by atoms with Crippen molar-refractivity contribution in [3.05, 3.63) is 58.6 Å². The zero-order chi connectivity index (χ0) is 18.8. The molecule has 0 aliphatic carbocycles. The third-order valence-corrected chi connectivity index (χ3v) is 5.00. The van der Waals surface area contributed by atoms with Crippen LogP contribution in [0.5, 0.6) is 11.5 Å². The predicted octanol–water partition coefficient (Wildman–Crippen LogP) is 3.06.